The van der Waals surface area contributed by atoms with E-state index in [1.54, 1.807) is 4.90 Å². The minimum absolute atomic E-state index is 0.0408. The third kappa shape index (κ3) is 4.06. The minimum atomic E-state index is -0.245. The van der Waals surface area contributed by atoms with E-state index >= 15 is 0 Å². The summed E-state index contributed by atoms with van der Waals surface area (Å²) >= 11 is 0. The van der Waals surface area contributed by atoms with Gasteiger partial charge in [0.1, 0.15) is 6.04 Å². The number of amides is 3. The van der Waals surface area contributed by atoms with Crippen LogP contribution in [0.1, 0.15) is 39.5 Å². The first-order valence-electron chi connectivity index (χ1n) is 9.45. The summed E-state index contributed by atoms with van der Waals surface area (Å²) in [5.41, 5.74) is 0. The highest BCUT2D eigenvalue weighted by molar-refractivity contribution is 5.79. The van der Waals surface area contributed by atoms with Gasteiger partial charge in [0.2, 0.25) is 5.91 Å². The van der Waals surface area contributed by atoms with Gasteiger partial charge in [0, 0.05) is 31.7 Å². The van der Waals surface area contributed by atoms with E-state index in [0.717, 1.165) is 38.8 Å². The molecule has 2 N–H and O–H groups in total. The topological polar surface area (TPSA) is 88.5 Å². The molecule has 1 saturated carbocycles. The summed E-state index contributed by atoms with van der Waals surface area (Å²) in [4.78, 5) is 28.1. The lowest BCUT2D eigenvalue weighted by atomic mass is 10.0. The molecule has 0 aromatic carbocycles. The monoisotopic (exact) mass is 347 g/mol. The molecule has 138 valence electrons. The van der Waals surface area contributed by atoms with Crippen molar-refractivity contribution in [1.82, 2.24) is 20.4 Å². The number of carbonyl (C=O) groups is 2. The number of likely N-dealkylation sites (tertiary alicyclic amines) is 2. The highest BCUT2D eigenvalue weighted by Crippen LogP contribution is 2.38. The quantitative estimate of drug-likeness (QED) is 0.791. The molecule has 0 aromatic heterocycles. The Hall–Kier alpha value is -1.81. The predicted octanol–water partition coefficient (Wildman–Crippen LogP) is 0.919. The van der Waals surface area contributed by atoms with E-state index in [4.69, 9.17) is 5.26 Å². The Kier molecular flexibility index (Phi) is 5.48. The zero-order valence-electron chi connectivity index (χ0n) is 15.2. The van der Waals surface area contributed by atoms with E-state index in [1.165, 1.54) is 0 Å². The molecule has 3 amide bonds. The highest BCUT2D eigenvalue weighted by atomic mass is 16.2. The number of urea groups is 1. The molecule has 4 atom stereocenters. The van der Waals surface area contributed by atoms with Crippen molar-refractivity contribution in [2.45, 2.75) is 57.7 Å². The second kappa shape index (κ2) is 7.61. The molecule has 2 unspecified atom stereocenters. The van der Waals surface area contributed by atoms with E-state index in [-0.39, 0.29) is 24.0 Å². The molecule has 7 heteroatoms. The van der Waals surface area contributed by atoms with Gasteiger partial charge in [-0.15, -0.1) is 0 Å². The Balaban J connectivity index is 1.41. The van der Waals surface area contributed by atoms with Gasteiger partial charge in [-0.3, -0.25) is 4.79 Å². The van der Waals surface area contributed by atoms with Crippen LogP contribution >= 0.6 is 0 Å². The lowest BCUT2D eigenvalue weighted by molar-refractivity contribution is -0.130. The minimum Gasteiger partial charge on any atom is -0.336 e. The van der Waals surface area contributed by atoms with Crippen LogP contribution in [0.15, 0.2) is 0 Å². The fourth-order valence-electron chi connectivity index (χ4n) is 4.50. The van der Waals surface area contributed by atoms with Crippen molar-refractivity contribution in [3.8, 4) is 6.07 Å². The van der Waals surface area contributed by atoms with Crippen molar-refractivity contribution in [3.05, 3.63) is 0 Å². The first kappa shape index (κ1) is 18.0. The van der Waals surface area contributed by atoms with Crippen LogP contribution in [0.3, 0.4) is 0 Å². The Morgan fingerprint density at radius 1 is 1.24 bits per heavy atom. The van der Waals surface area contributed by atoms with Gasteiger partial charge >= 0.3 is 6.03 Å². The molecule has 0 radical (unpaired) electrons. The van der Waals surface area contributed by atoms with Crippen LogP contribution in [0.5, 0.6) is 0 Å². The molecule has 0 bridgehead atoms. The Morgan fingerprint density at radius 2 is 1.92 bits per heavy atom. The summed E-state index contributed by atoms with van der Waals surface area (Å²) in [6, 6.07) is 2.52. The largest absolute Gasteiger partial charge is 0.336 e. The summed E-state index contributed by atoms with van der Waals surface area (Å²) < 4.78 is 0. The normalized spacial score (nSPS) is 31.3. The molecule has 3 fully saturated rings. The maximum absolute atomic E-state index is 12.3. The van der Waals surface area contributed by atoms with Crippen molar-refractivity contribution in [3.63, 3.8) is 0 Å². The summed E-state index contributed by atoms with van der Waals surface area (Å²) in [5, 5.41) is 15.4. The zero-order valence-corrected chi connectivity index (χ0v) is 15.2. The van der Waals surface area contributed by atoms with Crippen molar-refractivity contribution < 1.29 is 9.59 Å². The number of hydrogen-bond acceptors (Lipinski definition) is 4. The summed E-state index contributed by atoms with van der Waals surface area (Å²) in [7, 11) is 0. The fraction of sp³-hybridized carbons (Fsp3) is 0.833. The molecule has 2 heterocycles. The Labute approximate surface area is 149 Å². The Morgan fingerprint density at radius 3 is 2.52 bits per heavy atom. The fourth-order valence-corrected chi connectivity index (χ4v) is 4.50. The van der Waals surface area contributed by atoms with Crippen LogP contribution in [0, 0.1) is 23.2 Å². The van der Waals surface area contributed by atoms with Gasteiger partial charge < -0.3 is 20.4 Å². The van der Waals surface area contributed by atoms with E-state index in [0.29, 0.717) is 31.0 Å². The number of nitriles is 1. The highest BCUT2D eigenvalue weighted by Gasteiger charge is 2.42. The molecule has 7 nitrogen and oxygen atoms in total. The molecular weight excluding hydrogens is 318 g/mol. The molecule has 3 aliphatic rings. The third-order valence-electron chi connectivity index (χ3n) is 5.71. The predicted molar refractivity (Wildman–Crippen MR) is 93.6 cm³/mol. The van der Waals surface area contributed by atoms with Gasteiger partial charge in [-0.25, -0.2) is 4.79 Å². The van der Waals surface area contributed by atoms with E-state index in [1.807, 2.05) is 18.7 Å². The molecular formula is C18H29N5O2. The van der Waals surface area contributed by atoms with Gasteiger partial charge in [-0.05, 0) is 51.4 Å². The molecule has 2 saturated heterocycles. The smallest absolute Gasteiger partial charge is 0.317 e. The van der Waals surface area contributed by atoms with Crippen molar-refractivity contribution in [2.24, 2.45) is 11.8 Å². The summed E-state index contributed by atoms with van der Waals surface area (Å²) in [6.07, 6.45) is 3.76. The maximum atomic E-state index is 12.3. The van der Waals surface area contributed by atoms with Gasteiger partial charge in [0.05, 0.1) is 12.6 Å². The first-order chi connectivity index (χ1) is 12.0. The van der Waals surface area contributed by atoms with Crippen LogP contribution in [-0.2, 0) is 4.79 Å². The third-order valence-corrected chi connectivity index (χ3v) is 5.71. The molecule has 0 aromatic rings. The van der Waals surface area contributed by atoms with Crippen LogP contribution in [-0.4, -0.2) is 66.0 Å². The SMILES string of the molecule is CC(C)NC(=O)N1C[C@H]2CC(NCC(=O)N3CCCC3C#N)C[C@H]2C1. The molecule has 0 spiro atoms. The van der Waals surface area contributed by atoms with E-state index < -0.39 is 0 Å². The number of nitrogens with zero attached hydrogens (tertiary/aromatic N) is 3. The average molecular weight is 347 g/mol. The van der Waals surface area contributed by atoms with Crippen molar-refractivity contribution in [1.29, 1.82) is 5.26 Å². The molecule has 1 aliphatic carbocycles. The van der Waals surface area contributed by atoms with E-state index in [9.17, 15) is 9.59 Å². The van der Waals surface area contributed by atoms with Crippen molar-refractivity contribution >= 4 is 11.9 Å². The van der Waals surface area contributed by atoms with Crippen LogP contribution in [0.2, 0.25) is 0 Å². The second-order valence-corrected chi connectivity index (χ2v) is 7.95. The summed E-state index contributed by atoms with van der Waals surface area (Å²) in [5.74, 6) is 1.10. The zero-order chi connectivity index (χ0) is 18.0. The number of hydrogen-bond donors (Lipinski definition) is 2. The standard InChI is InChI=1S/C18H29N5O2/c1-12(2)21-18(25)22-10-13-6-15(7-14(13)11-22)20-9-17(24)23-5-3-4-16(23)8-19/h12-16,20H,3-7,9-11H2,1-2H3,(H,21,25)/t13-,14+,15?,16?. The van der Waals surface area contributed by atoms with Gasteiger partial charge in [-0.2, -0.15) is 5.26 Å². The average Bonchev–Trinajstić information content (AvgIpc) is 3.25. The van der Waals surface area contributed by atoms with Gasteiger partial charge in [-0.1, -0.05) is 0 Å². The van der Waals surface area contributed by atoms with Gasteiger partial charge in [0.15, 0.2) is 0 Å². The second-order valence-electron chi connectivity index (χ2n) is 7.95. The van der Waals surface area contributed by atoms with Crippen LogP contribution < -0.4 is 10.6 Å². The van der Waals surface area contributed by atoms with Gasteiger partial charge in [0.25, 0.3) is 0 Å². The molecule has 2 aliphatic heterocycles. The summed E-state index contributed by atoms with van der Waals surface area (Å²) in [6.45, 7) is 6.61. The number of carbonyl (C=O) groups excluding carboxylic acids is 2. The van der Waals surface area contributed by atoms with Crippen LogP contribution in [0.4, 0.5) is 4.79 Å². The van der Waals surface area contributed by atoms with Crippen LogP contribution in [0.25, 0.3) is 0 Å². The maximum Gasteiger partial charge on any atom is 0.317 e. The van der Waals surface area contributed by atoms with Crippen molar-refractivity contribution in [2.75, 3.05) is 26.2 Å². The molecule has 25 heavy (non-hydrogen) atoms. The number of nitrogens with one attached hydrogen (secondary N) is 2. The Bertz CT molecular complexity index is 544. The molecule has 3 rings (SSSR count). The first-order valence-corrected chi connectivity index (χ1v) is 9.45. The van der Waals surface area contributed by atoms with E-state index in [2.05, 4.69) is 16.7 Å². The lowest BCUT2D eigenvalue weighted by Gasteiger charge is -2.23. The number of fused-ring (bicyclic) bond motifs is 1. The lowest BCUT2D eigenvalue weighted by Crippen LogP contribution is -2.44. The number of rotatable bonds is 4.